The topological polar surface area (TPSA) is 182 Å². The Morgan fingerprint density at radius 3 is 2.26 bits per heavy atom. The van der Waals surface area contributed by atoms with E-state index >= 15 is 0 Å². The second kappa shape index (κ2) is 24.2. The fourth-order valence-electron chi connectivity index (χ4n) is 4.36. The number of amides is 2. The molecular formula is C34H57N3O10. The summed E-state index contributed by atoms with van der Waals surface area (Å²) in [5.74, 6) is -0.896. The van der Waals surface area contributed by atoms with Crippen LogP contribution in [0.15, 0.2) is 18.2 Å². The van der Waals surface area contributed by atoms with Gasteiger partial charge in [0.1, 0.15) is 5.75 Å². The SMILES string of the molecule is CCC(=O)C(CCCCNC(=O)CCOCCOCCOC)NC(=O)CCCC(=O)Oc1ccc(C(O)CNC(C)(C)C)cc1CO. The number of benzene rings is 1. The highest BCUT2D eigenvalue weighted by molar-refractivity contribution is 5.89. The van der Waals surface area contributed by atoms with Crippen molar-refractivity contribution < 1.29 is 48.3 Å². The number of aliphatic hydroxyl groups excluding tert-OH is 2. The molecule has 0 aliphatic carbocycles. The van der Waals surface area contributed by atoms with E-state index in [1.54, 1.807) is 26.2 Å². The van der Waals surface area contributed by atoms with Crippen molar-refractivity contribution in [1.29, 1.82) is 0 Å². The Morgan fingerprint density at radius 2 is 1.60 bits per heavy atom. The monoisotopic (exact) mass is 667 g/mol. The van der Waals surface area contributed by atoms with Gasteiger partial charge in [-0.05, 0) is 64.2 Å². The summed E-state index contributed by atoms with van der Waals surface area (Å²) >= 11 is 0. The quantitative estimate of drug-likeness (QED) is 0.0556. The fourth-order valence-corrected chi connectivity index (χ4v) is 4.36. The van der Waals surface area contributed by atoms with Gasteiger partial charge in [-0.25, -0.2) is 0 Å². The van der Waals surface area contributed by atoms with Gasteiger partial charge in [0.15, 0.2) is 5.78 Å². The first-order valence-electron chi connectivity index (χ1n) is 16.5. The molecule has 268 valence electrons. The van der Waals surface area contributed by atoms with Crippen molar-refractivity contribution in [2.45, 2.75) is 103 Å². The van der Waals surface area contributed by atoms with E-state index in [0.29, 0.717) is 76.5 Å². The van der Waals surface area contributed by atoms with Gasteiger partial charge in [-0.2, -0.15) is 0 Å². The van der Waals surface area contributed by atoms with Crippen molar-refractivity contribution in [2.75, 3.05) is 53.2 Å². The summed E-state index contributed by atoms with van der Waals surface area (Å²) in [5.41, 5.74) is 0.784. The van der Waals surface area contributed by atoms with E-state index in [2.05, 4.69) is 16.0 Å². The highest BCUT2D eigenvalue weighted by Crippen LogP contribution is 2.24. The fraction of sp³-hybridized carbons (Fsp3) is 0.706. The molecule has 0 saturated carbocycles. The molecule has 0 aliphatic heterocycles. The van der Waals surface area contributed by atoms with Crippen LogP contribution >= 0.6 is 0 Å². The van der Waals surface area contributed by atoms with Crippen molar-refractivity contribution in [1.82, 2.24) is 16.0 Å². The maximum atomic E-state index is 12.6. The molecule has 0 bridgehead atoms. The molecule has 0 aromatic heterocycles. The van der Waals surface area contributed by atoms with Crippen molar-refractivity contribution in [3.05, 3.63) is 29.3 Å². The molecule has 2 atom stereocenters. The van der Waals surface area contributed by atoms with E-state index in [1.807, 2.05) is 20.8 Å². The predicted molar refractivity (Wildman–Crippen MR) is 177 cm³/mol. The molecule has 1 rings (SSSR count). The lowest BCUT2D eigenvalue weighted by molar-refractivity contribution is -0.135. The number of carbonyl (C=O) groups is 4. The Balaban J connectivity index is 2.36. The molecule has 0 radical (unpaired) electrons. The Bertz CT molecular complexity index is 1080. The zero-order valence-corrected chi connectivity index (χ0v) is 28.9. The number of esters is 1. The average Bonchev–Trinajstić information content (AvgIpc) is 3.03. The molecule has 1 aromatic carbocycles. The number of hydrogen-bond acceptors (Lipinski definition) is 11. The molecule has 2 unspecified atom stereocenters. The average molecular weight is 668 g/mol. The van der Waals surface area contributed by atoms with Crippen molar-refractivity contribution >= 4 is 23.6 Å². The molecule has 47 heavy (non-hydrogen) atoms. The number of unbranched alkanes of at least 4 members (excludes halogenated alkanes) is 1. The third kappa shape index (κ3) is 20.1. The van der Waals surface area contributed by atoms with Gasteiger partial charge in [-0.15, -0.1) is 0 Å². The number of rotatable bonds is 26. The van der Waals surface area contributed by atoms with Gasteiger partial charge in [-0.1, -0.05) is 13.0 Å². The number of Topliss-reactive ketones (excluding diaryl/α,β-unsaturated/α-hetero) is 1. The molecular weight excluding hydrogens is 610 g/mol. The Labute approximate surface area is 279 Å². The third-order valence-electron chi connectivity index (χ3n) is 7.07. The standard InChI is InChI=1S/C34H57N3O10/c1-6-28(39)27(10-7-8-16-35-31(41)15-17-45-20-21-46-19-18-44-5)37-32(42)11-9-12-33(43)47-30-14-13-25(22-26(30)24-38)29(40)23-36-34(2,3)4/h13-14,22,27,29,36,38,40H,6-12,15-21,23-24H2,1-5H3,(H,35,41)(H,37,42). The number of nitrogens with one attached hydrogen (secondary N) is 3. The Morgan fingerprint density at radius 1 is 0.894 bits per heavy atom. The molecule has 13 heteroatoms. The van der Waals surface area contributed by atoms with Gasteiger partial charge in [0, 0.05) is 57.0 Å². The maximum Gasteiger partial charge on any atom is 0.311 e. The van der Waals surface area contributed by atoms with Crippen LogP contribution < -0.4 is 20.7 Å². The van der Waals surface area contributed by atoms with E-state index < -0.39 is 18.1 Å². The molecule has 0 saturated heterocycles. The number of ketones is 1. The van der Waals surface area contributed by atoms with E-state index in [-0.39, 0.29) is 67.6 Å². The number of ether oxygens (including phenoxy) is 4. The maximum absolute atomic E-state index is 12.6. The molecule has 0 aliphatic rings. The number of methoxy groups -OCH3 is 1. The summed E-state index contributed by atoms with van der Waals surface area (Å²) < 4.78 is 21.0. The van der Waals surface area contributed by atoms with Crippen LogP contribution in [0, 0.1) is 0 Å². The molecule has 13 nitrogen and oxygen atoms in total. The van der Waals surface area contributed by atoms with Crippen LogP contribution in [0.4, 0.5) is 0 Å². The van der Waals surface area contributed by atoms with Crippen LogP contribution in [0.1, 0.15) is 96.3 Å². The summed E-state index contributed by atoms with van der Waals surface area (Å²) in [6.07, 6.45) is 1.69. The van der Waals surface area contributed by atoms with E-state index in [9.17, 15) is 29.4 Å². The van der Waals surface area contributed by atoms with E-state index in [4.69, 9.17) is 18.9 Å². The van der Waals surface area contributed by atoms with Crippen molar-refractivity contribution in [2.24, 2.45) is 0 Å². The number of aliphatic hydroxyl groups is 2. The summed E-state index contributed by atoms with van der Waals surface area (Å²) in [5, 5.41) is 29.1. The molecule has 2 amide bonds. The summed E-state index contributed by atoms with van der Waals surface area (Å²) in [6.45, 7) is 10.3. The summed E-state index contributed by atoms with van der Waals surface area (Å²) in [7, 11) is 1.60. The van der Waals surface area contributed by atoms with Crippen LogP contribution in [0.3, 0.4) is 0 Å². The van der Waals surface area contributed by atoms with Crippen molar-refractivity contribution in [3.63, 3.8) is 0 Å². The third-order valence-corrected chi connectivity index (χ3v) is 7.07. The minimum absolute atomic E-state index is 0.0303. The first-order chi connectivity index (χ1) is 22.4. The van der Waals surface area contributed by atoms with Gasteiger partial charge in [0.25, 0.3) is 0 Å². The molecule has 0 heterocycles. The molecule has 5 N–H and O–H groups in total. The van der Waals surface area contributed by atoms with Crippen LogP contribution in [0.2, 0.25) is 0 Å². The van der Waals surface area contributed by atoms with Gasteiger partial charge in [-0.3, -0.25) is 19.2 Å². The minimum Gasteiger partial charge on any atom is -0.426 e. The first kappa shape index (κ1) is 42.1. The second-order valence-electron chi connectivity index (χ2n) is 12.3. The Kier molecular flexibility index (Phi) is 21.7. The summed E-state index contributed by atoms with van der Waals surface area (Å²) in [6, 6.07) is 4.15. The highest BCUT2D eigenvalue weighted by Gasteiger charge is 2.20. The normalized spacial score (nSPS) is 12.7. The lowest BCUT2D eigenvalue weighted by Crippen LogP contribution is -2.40. The van der Waals surface area contributed by atoms with Gasteiger partial charge in [0.2, 0.25) is 11.8 Å². The van der Waals surface area contributed by atoms with Gasteiger partial charge in [0.05, 0.1) is 51.8 Å². The van der Waals surface area contributed by atoms with E-state index in [0.717, 1.165) is 0 Å². The van der Waals surface area contributed by atoms with E-state index in [1.165, 1.54) is 6.07 Å². The van der Waals surface area contributed by atoms with Crippen LogP contribution in [0.25, 0.3) is 0 Å². The molecule has 0 spiro atoms. The zero-order chi connectivity index (χ0) is 35.1. The zero-order valence-electron chi connectivity index (χ0n) is 28.9. The van der Waals surface area contributed by atoms with Crippen molar-refractivity contribution in [3.8, 4) is 5.75 Å². The number of hydrogen-bond donors (Lipinski definition) is 5. The first-order valence-corrected chi connectivity index (χ1v) is 16.5. The minimum atomic E-state index is -0.800. The Hall–Kier alpha value is -2.94. The van der Waals surface area contributed by atoms with Crippen LogP contribution in [-0.2, 0) is 40.0 Å². The highest BCUT2D eigenvalue weighted by atomic mass is 16.5. The summed E-state index contributed by atoms with van der Waals surface area (Å²) in [4.78, 5) is 49.4. The number of carbonyl (C=O) groups excluding carboxylic acids is 4. The lowest BCUT2D eigenvalue weighted by Gasteiger charge is -2.23. The lowest BCUT2D eigenvalue weighted by atomic mass is 10.0. The second-order valence-corrected chi connectivity index (χ2v) is 12.3. The predicted octanol–water partition coefficient (Wildman–Crippen LogP) is 2.50. The van der Waals surface area contributed by atoms with Gasteiger partial charge < -0.3 is 45.1 Å². The molecule has 1 aromatic rings. The largest absolute Gasteiger partial charge is 0.426 e. The molecule has 0 fully saturated rings. The van der Waals surface area contributed by atoms with Gasteiger partial charge >= 0.3 is 5.97 Å². The number of β-amino-alcohol motifs (C(OH)–C–C–N with tert-alkyl or cyclic N) is 1. The van der Waals surface area contributed by atoms with Crippen LogP contribution in [-0.4, -0.2) is 98.6 Å². The van der Waals surface area contributed by atoms with Crippen LogP contribution in [0.5, 0.6) is 5.75 Å². The smallest absolute Gasteiger partial charge is 0.311 e.